The molecule has 0 saturated carbocycles. The molecule has 0 fully saturated rings. The number of fused-ring (bicyclic) bond motifs is 5. The van der Waals surface area contributed by atoms with Crippen LogP contribution in [0, 0.1) is 6.92 Å². The molecule has 0 radical (unpaired) electrons. The average molecular weight is 500 g/mol. The van der Waals surface area contributed by atoms with Crippen LogP contribution in [0.4, 0.5) is 10.5 Å². The summed E-state index contributed by atoms with van der Waals surface area (Å²) in [5.41, 5.74) is 7.12. The van der Waals surface area contributed by atoms with E-state index in [0.717, 1.165) is 34.7 Å². The Balaban J connectivity index is 1.48. The van der Waals surface area contributed by atoms with Crippen molar-refractivity contribution in [1.29, 1.82) is 0 Å². The molecule has 35 heavy (non-hydrogen) atoms. The lowest BCUT2D eigenvalue weighted by atomic mass is 9.95. The summed E-state index contributed by atoms with van der Waals surface area (Å²) in [6.07, 6.45) is 8.97. The molecule has 0 unspecified atom stereocenters. The van der Waals surface area contributed by atoms with Gasteiger partial charge >= 0.3 is 6.03 Å². The van der Waals surface area contributed by atoms with E-state index < -0.39 is 0 Å². The molecule has 178 valence electrons. The van der Waals surface area contributed by atoms with Crippen molar-refractivity contribution in [1.82, 2.24) is 9.47 Å². The first-order chi connectivity index (χ1) is 17.1. The Bertz CT molecular complexity index is 1390. The first-order valence-corrected chi connectivity index (χ1v) is 14.3. The molecular formula is C29H29N3OS2. The number of thioether (sulfide) groups is 1. The molecule has 6 heteroatoms. The lowest BCUT2D eigenvalue weighted by Gasteiger charge is -2.31. The Hall–Kier alpha value is -2.96. The number of anilines is 1. The molecule has 0 bridgehead atoms. The van der Waals surface area contributed by atoms with Crippen molar-refractivity contribution in [3.63, 3.8) is 0 Å². The molecule has 2 aromatic carbocycles. The molecule has 2 aromatic heterocycles. The summed E-state index contributed by atoms with van der Waals surface area (Å²) >= 11 is 3.60. The molecule has 1 aliphatic heterocycles. The van der Waals surface area contributed by atoms with Crippen molar-refractivity contribution in [3.05, 3.63) is 99.7 Å². The lowest BCUT2D eigenvalue weighted by Crippen LogP contribution is -2.38. The molecule has 4 nitrogen and oxygen atoms in total. The van der Waals surface area contributed by atoms with E-state index in [9.17, 15) is 4.79 Å². The quantitative estimate of drug-likeness (QED) is 0.295. The number of urea groups is 1. The van der Waals surface area contributed by atoms with E-state index in [0.29, 0.717) is 6.54 Å². The average Bonchev–Trinajstić information content (AvgIpc) is 3.47. The second-order valence-electron chi connectivity index (χ2n) is 9.40. The highest BCUT2D eigenvalue weighted by Crippen LogP contribution is 2.44. The Morgan fingerprint density at radius 1 is 1.03 bits per heavy atom. The van der Waals surface area contributed by atoms with Gasteiger partial charge in [0, 0.05) is 27.2 Å². The minimum Gasteiger partial charge on any atom is -0.310 e. The summed E-state index contributed by atoms with van der Waals surface area (Å²) in [5.74, 6) is 0. The van der Waals surface area contributed by atoms with E-state index >= 15 is 0 Å². The number of aromatic nitrogens is 1. The summed E-state index contributed by atoms with van der Waals surface area (Å²) in [6, 6.07) is 20.7. The summed E-state index contributed by atoms with van der Waals surface area (Å²) < 4.78 is 2.34. The number of aryl methyl sites for hydroxylation is 2. The Labute approximate surface area is 215 Å². The maximum Gasteiger partial charge on any atom is 0.322 e. The number of carbonyl (C=O) groups excluding carboxylic acids is 1. The number of amides is 2. The van der Waals surface area contributed by atoms with Crippen LogP contribution in [-0.2, 0) is 19.4 Å². The number of thiophene rings is 1. The predicted molar refractivity (Wildman–Crippen MR) is 146 cm³/mol. The number of hydrogen-bond acceptors (Lipinski definition) is 3. The van der Waals surface area contributed by atoms with Crippen LogP contribution in [0.15, 0.2) is 71.8 Å². The van der Waals surface area contributed by atoms with E-state index in [1.54, 1.807) is 11.8 Å². The van der Waals surface area contributed by atoms with Gasteiger partial charge in [-0.25, -0.2) is 4.79 Å². The SMILES string of the molecule is CSc1cccc(NC(=O)N2Cc3c(sc4c3CCCC4)-n3cccc3[C@@H]2c2ccc(C)cc2)c1. The van der Waals surface area contributed by atoms with Crippen LogP contribution >= 0.6 is 23.1 Å². The molecule has 0 spiro atoms. The molecule has 0 saturated heterocycles. The van der Waals surface area contributed by atoms with Gasteiger partial charge in [-0.05, 0) is 80.3 Å². The summed E-state index contributed by atoms with van der Waals surface area (Å²) in [5, 5.41) is 4.50. The smallest absolute Gasteiger partial charge is 0.310 e. The fourth-order valence-electron chi connectivity index (χ4n) is 5.38. The number of nitrogens with one attached hydrogen (secondary N) is 1. The monoisotopic (exact) mass is 499 g/mol. The van der Waals surface area contributed by atoms with Gasteiger partial charge in [0.25, 0.3) is 0 Å². The highest BCUT2D eigenvalue weighted by molar-refractivity contribution is 7.98. The lowest BCUT2D eigenvalue weighted by molar-refractivity contribution is 0.194. The van der Waals surface area contributed by atoms with Crippen LogP contribution in [0.1, 0.15) is 51.7 Å². The zero-order chi connectivity index (χ0) is 23.9. The molecule has 2 amide bonds. The van der Waals surface area contributed by atoms with Gasteiger partial charge in [0.15, 0.2) is 0 Å². The highest BCUT2D eigenvalue weighted by atomic mass is 32.2. The van der Waals surface area contributed by atoms with Crippen LogP contribution in [0.5, 0.6) is 0 Å². The van der Waals surface area contributed by atoms with Crippen molar-refractivity contribution in [3.8, 4) is 5.00 Å². The van der Waals surface area contributed by atoms with Gasteiger partial charge in [-0.3, -0.25) is 0 Å². The number of benzene rings is 2. The maximum atomic E-state index is 14.0. The zero-order valence-electron chi connectivity index (χ0n) is 20.1. The van der Waals surface area contributed by atoms with Crippen LogP contribution in [0.3, 0.4) is 0 Å². The van der Waals surface area contributed by atoms with Crippen molar-refractivity contribution in [2.45, 2.75) is 50.1 Å². The van der Waals surface area contributed by atoms with E-state index in [4.69, 9.17) is 0 Å². The molecule has 3 heterocycles. The topological polar surface area (TPSA) is 37.3 Å². The fraction of sp³-hybridized carbons (Fsp3) is 0.276. The van der Waals surface area contributed by atoms with Crippen LogP contribution < -0.4 is 5.32 Å². The third-order valence-electron chi connectivity index (χ3n) is 7.15. The molecule has 1 atom stereocenters. The Morgan fingerprint density at radius 3 is 2.69 bits per heavy atom. The normalized spacial score (nSPS) is 16.7. The van der Waals surface area contributed by atoms with Gasteiger partial charge in [0.1, 0.15) is 5.00 Å². The van der Waals surface area contributed by atoms with Gasteiger partial charge in [0.05, 0.1) is 18.3 Å². The first kappa shape index (κ1) is 22.5. The molecular weight excluding hydrogens is 470 g/mol. The molecule has 2 aliphatic rings. The van der Waals surface area contributed by atoms with E-state index in [-0.39, 0.29) is 12.1 Å². The second kappa shape index (κ2) is 9.25. The first-order valence-electron chi connectivity index (χ1n) is 12.2. The van der Waals surface area contributed by atoms with Crippen LogP contribution in [0.2, 0.25) is 0 Å². The van der Waals surface area contributed by atoms with Gasteiger partial charge in [-0.15, -0.1) is 23.1 Å². The van der Waals surface area contributed by atoms with Crippen molar-refractivity contribution < 1.29 is 4.79 Å². The number of carbonyl (C=O) groups is 1. The molecule has 4 aromatic rings. The highest BCUT2D eigenvalue weighted by Gasteiger charge is 2.36. The van der Waals surface area contributed by atoms with Gasteiger partial charge < -0.3 is 14.8 Å². The largest absolute Gasteiger partial charge is 0.322 e. The van der Waals surface area contributed by atoms with Gasteiger partial charge in [0.2, 0.25) is 0 Å². The van der Waals surface area contributed by atoms with Crippen molar-refractivity contribution >= 4 is 34.8 Å². The summed E-state index contributed by atoms with van der Waals surface area (Å²) in [7, 11) is 0. The third-order valence-corrected chi connectivity index (χ3v) is 9.21. The summed E-state index contributed by atoms with van der Waals surface area (Å²) in [4.78, 5) is 18.7. The van der Waals surface area contributed by atoms with Gasteiger partial charge in [-0.2, -0.15) is 0 Å². The van der Waals surface area contributed by atoms with Gasteiger partial charge in [-0.1, -0.05) is 35.9 Å². The van der Waals surface area contributed by atoms with Crippen molar-refractivity contribution in [2.75, 3.05) is 11.6 Å². The minimum atomic E-state index is -0.173. The zero-order valence-corrected chi connectivity index (χ0v) is 21.7. The Morgan fingerprint density at radius 2 is 1.86 bits per heavy atom. The number of hydrogen-bond donors (Lipinski definition) is 1. The second-order valence-corrected chi connectivity index (χ2v) is 11.4. The fourth-order valence-corrected chi connectivity index (χ4v) is 7.25. The maximum absolute atomic E-state index is 14.0. The number of rotatable bonds is 3. The predicted octanol–water partition coefficient (Wildman–Crippen LogP) is 7.59. The minimum absolute atomic E-state index is 0.0646. The summed E-state index contributed by atoms with van der Waals surface area (Å²) in [6.45, 7) is 2.71. The van der Waals surface area contributed by atoms with Crippen LogP contribution in [0.25, 0.3) is 5.00 Å². The van der Waals surface area contributed by atoms with E-state index in [1.807, 2.05) is 34.4 Å². The van der Waals surface area contributed by atoms with E-state index in [1.165, 1.54) is 39.4 Å². The van der Waals surface area contributed by atoms with Crippen LogP contribution in [-0.4, -0.2) is 21.8 Å². The Kier molecular flexibility index (Phi) is 5.94. The third kappa shape index (κ3) is 4.09. The molecule has 6 rings (SSSR count). The van der Waals surface area contributed by atoms with Crippen molar-refractivity contribution in [2.24, 2.45) is 0 Å². The molecule has 1 N–H and O–H groups in total. The molecule has 1 aliphatic carbocycles. The standard InChI is InChI=1S/C29H29N3OS2/c1-19-12-14-20(15-13-19)27-25-10-6-16-31(25)28-24(23-9-3-4-11-26(23)35-28)18-32(27)29(33)30-21-7-5-8-22(17-21)34-2/h5-8,10,12-17,27H,3-4,9,11,18H2,1-2H3,(H,30,33)/t27-/m0/s1. The number of nitrogens with zero attached hydrogens (tertiary/aromatic N) is 2. The van der Waals surface area contributed by atoms with E-state index in [2.05, 4.69) is 71.7 Å².